The summed E-state index contributed by atoms with van der Waals surface area (Å²) in [6, 6.07) is 28.3. The van der Waals surface area contributed by atoms with Crippen molar-refractivity contribution in [1.29, 1.82) is 0 Å². The molecule has 0 radical (unpaired) electrons. The number of carbonyl (C=O) groups is 1. The Morgan fingerprint density at radius 3 is 2.32 bits per heavy atom. The van der Waals surface area contributed by atoms with E-state index in [0.717, 1.165) is 27.6 Å². The first-order valence-corrected chi connectivity index (χ1v) is 11.8. The van der Waals surface area contributed by atoms with Gasteiger partial charge in [0.2, 0.25) is 0 Å². The van der Waals surface area contributed by atoms with E-state index in [2.05, 4.69) is 15.3 Å². The molecule has 0 aliphatic heterocycles. The van der Waals surface area contributed by atoms with Crippen LogP contribution in [0.25, 0.3) is 50.1 Å². The summed E-state index contributed by atoms with van der Waals surface area (Å²) in [4.78, 5) is 33.5. The Bertz CT molecular complexity index is 1820. The van der Waals surface area contributed by atoms with Crippen molar-refractivity contribution >= 4 is 22.6 Å². The highest BCUT2D eigenvalue weighted by Crippen LogP contribution is 2.35. The number of hydrogen-bond acceptors (Lipinski definition) is 4. The smallest absolute Gasteiger partial charge is 0.312 e. The van der Waals surface area contributed by atoms with Crippen LogP contribution in [0.15, 0.2) is 102 Å². The Hall–Kier alpha value is -5.24. The molecule has 180 valence electrons. The number of benzene rings is 3. The van der Waals surface area contributed by atoms with Crippen molar-refractivity contribution in [3.8, 4) is 33.5 Å². The zero-order valence-electron chi connectivity index (χ0n) is 19.7. The number of hydrogen-bond donors (Lipinski definition) is 3. The Balaban J connectivity index is 1.68. The van der Waals surface area contributed by atoms with Crippen molar-refractivity contribution in [3.05, 3.63) is 113 Å². The van der Waals surface area contributed by atoms with E-state index in [1.807, 2.05) is 91.0 Å². The summed E-state index contributed by atoms with van der Waals surface area (Å²) in [5.74, 6) is 0. The largest absolute Gasteiger partial charge is 0.352 e. The predicted octanol–water partition coefficient (Wildman–Crippen LogP) is 4.74. The van der Waals surface area contributed by atoms with E-state index in [-0.39, 0.29) is 12.1 Å². The second-order valence-corrected chi connectivity index (χ2v) is 8.63. The van der Waals surface area contributed by atoms with Crippen LogP contribution in [0, 0.1) is 0 Å². The molecular formula is C29H22N6O2. The Kier molecular flexibility index (Phi) is 5.46. The van der Waals surface area contributed by atoms with Crippen molar-refractivity contribution in [1.82, 2.24) is 24.9 Å². The van der Waals surface area contributed by atoms with E-state index < -0.39 is 6.03 Å². The number of urea groups is 1. The summed E-state index contributed by atoms with van der Waals surface area (Å²) in [7, 11) is 0. The van der Waals surface area contributed by atoms with Crippen LogP contribution in [0.1, 0.15) is 5.69 Å². The van der Waals surface area contributed by atoms with Crippen molar-refractivity contribution in [2.24, 2.45) is 5.73 Å². The zero-order valence-corrected chi connectivity index (χ0v) is 19.7. The van der Waals surface area contributed by atoms with Gasteiger partial charge in [0.15, 0.2) is 0 Å². The second-order valence-electron chi connectivity index (χ2n) is 8.63. The summed E-state index contributed by atoms with van der Waals surface area (Å²) in [5, 5.41) is 8.31. The predicted molar refractivity (Wildman–Crippen MR) is 144 cm³/mol. The summed E-state index contributed by atoms with van der Waals surface area (Å²) < 4.78 is 1.40. The van der Waals surface area contributed by atoms with Gasteiger partial charge in [-0.1, -0.05) is 72.8 Å². The first-order valence-electron chi connectivity index (χ1n) is 11.8. The molecule has 0 bridgehead atoms. The highest BCUT2D eigenvalue weighted by molar-refractivity contribution is 5.91. The van der Waals surface area contributed by atoms with Crippen LogP contribution in [0.3, 0.4) is 0 Å². The molecule has 8 heteroatoms. The SMILES string of the molecule is NC(=O)NCc1[nH]c2c(-c3ccccc3)c(-c3ccccc3)nn2c(=O)c1-c1ccc2ncccc2c1. The Morgan fingerprint density at radius 2 is 1.59 bits per heavy atom. The topological polar surface area (TPSA) is 118 Å². The fraction of sp³-hybridized carbons (Fsp3) is 0.0345. The maximum absolute atomic E-state index is 14.1. The lowest BCUT2D eigenvalue weighted by Gasteiger charge is -2.12. The molecule has 3 aromatic carbocycles. The maximum Gasteiger partial charge on any atom is 0.312 e. The number of rotatable bonds is 5. The lowest BCUT2D eigenvalue weighted by Crippen LogP contribution is -2.31. The molecule has 0 spiro atoms. The van der Waals surface area contributed by atoms with Crippen LogP contribution in [0.4, 0.5) is 4.79 Å². The molecule has 6 rings (SSSR count). The van der Waals surface area contributed by atoms with Gasteiger partial charge in [-0.25, -0.2) is 4.79 Å². The first kappa shape index (κ1) is 22.2. The minimum absolute atomic E-state index is 0.0432. The molecule has 0 atom stereocenters. The number of amides is 2. The summed E-state index contributed by atoms with van der Waals surface area (Å²) in [6.07, 6.45) is 1.73. The number of nitrogens with one attached hydrogen (secondary N) is 2. The molecule has 37 heavy (non-hydrogen) atoms. The standard InChI is InChI=1S/C29H22N6O2/c30-29(37)32-17-23-24(21-13-14-22-20(16-21)12-7-15-31-22)28(36)35-27(33-23)25(18-8-3-1-4-9-18)26(34-35)19-10-5-2-6-11-19/h1-16,33H,17H2,(H3,30,32,37). The van der Waals surface area contributed by atoms with Crippen molar-refractivity contribution in [3.63, 3.8) is 0 Å². The average Bonchev–Trinajstić information content (AvgIpc) is 3.32. The third kappa shape index (κ3) is 4.00. The molecule has 0 saturated carbocycles. The van der Waals surface area contributed by atoms with Crippen LogP contribution in [-0.4, -0.2) is 25.6 Å². The Morgan fingerprint density at radius 1 is 0.865 bits per heavy atom. The van der Waals surface area contributed by atoms with Crippen LogP contribution < -0.4 is 16.6 Å². The van der Waals surface area contributed by atoms with Crippen molar-refractivity contribution in [2.75, 3.05) is 0 Å². The van der Waals surface area contributed by atoms with Gasteiger partial charge in [0.05, 0.1) is 23.2 Å². The fourth-order valence-electron chi connectivity index (χ4n) is 4.63. The zero-order chi connectivity index (χ0) is 25.4. The highest BCUT2D eigenvalue weighted by Gasteiger charge is 2.23. The van der Waals surface area contributed by atoms with E-state index >= 15 is 0 Å². The van der Waals surface area contributed by atoms with E-state index in [1.165, 1.54) is 4.52 Å². The van der Waals surface area contributed by atoms with Crippen LogP contribution in [0.2, 0.25) is 0 Å². The number of carbonyl (C=O) groups excluding carboxylic acids is 1. The van der Waals surface area contributed by atoms with E-state index in [0.29, 0.717) is 28.2 Å². The molecule has 4 N–H and O–H groups in total. The van der Waals surface area contributed by atoms with Gasteiger partial charge in [-0.2, -0.15) is 9.61 Å². The van der Waals surface area contributed by atoms with Crippen LogP contribution in [-0.2, 0) is 6.54 Å². The minimum atomic E-state index is -0.684. The molecule has 6 aromatic rings. The lowest BCUT2D eigenvalue weighted by molar-refractivity contribution is 0.248. The monoisotopic (exact) mass is 486 g/mol. The highest BCUT2D eigenvalue weighted by atomic mass is 16.2. The van der Waals surface area contributed by atoms with Gasteiger partial charge in [-0.3, -0.25) is 9.78 Å². The minimum Gasteiger partial charge on any atom is -0.352 e. The third-order valence-corrected chi connectivity index (χ3v) is 6.30. The van der Waals surface area contributed by atoms with E-state index in [4.69, 9.17) is 10.8 Å². The number of pyridine rings is 1. The molecule has 8 nitrogen and oxygen atoms in total. The first-order chi connectivity index (χ1) is 18.1. The van der Waals surface area contributed by atoms with Gasteiger partial charge < -0.3 is 16.0 Å². The van der Waals surface area contributed by atoms with Gasteiger partial charge in [-0.05, 0) is 29.3 Å². The van der Waals surface area contributed by atoms with Crippen molar-refractivity contribution in [2.45, 2.75) is 6.54 Å². The molecule has 3 aromatic heterocycles. The number of nitrogens with two attached hydrogens (primary N) is 1. The lowest BCUT2D eigenvalue weighted by atomic mass is 10.0. The molecule has 0 aliphatic carbocycles. The van der Waals surface area contributed by atoms with Gasteiger partial charge in [0.25, 0.3) is 5.56 Å². The molecule has 3 heterocycles. The molecule has 0 saturated heterocycles. The summed E-state index contributed by atoms with van der Waals surface area (Å²) in [5.41, 5.74) is 11.3. The summed E-state index contributed by atoms with van der Waals surface area (Å²) >= 11 is 0. The van der Waals surface area contributed by atoms with Crippen LogP contribution >= 0.6 is 0 Å². The fourth-order valence-corrected chi connectivity index (χ4v) is 4.63. The van der Waals surface area contributed by atoms with Gasteiger partial charge in [0.1, 0.15) is 11.3 Å². The second kappa shape index (κ2) is 9.09. The van der Waals surface area contributed by atoms with Crippen LogP contribution in [0.5, 0.6) is 0 Å². The van der Waals surface area contributed by atoms with Gasteiger partial charge in [0, 0.05) is 22.8 Å². The third-order valence-electron chi connectivity index (χ3n) is 6.30. The normalized spacial score (nSPS) is 11.1. The molecule has 0 aliphatic rings. The number of fused-ring (bicyclic) bond motifs is 2. The maximum atomic E-state index is 14.1. The van der Waals surface area contributed by atoms with Crippen molar-refractivity contribution < 1.29 is 4.79 Å². The van der Waals surface area contributed by atoms with E-state index in [9.17, 15) is 9.59 Å². The number of nitrogens with zero attached hydrogens (tertiary/aromatic N) is 3. The quantitative estimate of drug-likeness (QED) is 0.326. The van der Waals surface area contributed by atoms with Gasteiger partial charge >= 0.3 is 6.03 Å². The number of aromatic nitrogens is 4. The Labute approximate surface area is 211 Å². The number of primary amides is 1. The average molecular weight is 487 g/mol. The number of aromatic amines is 1. The summed E-state index contributed by atoms with van der Waals surface area (Å²) in [6.45, 7) is 0.0432. The van der Waals surface area contributed by atoms with E-state index in [1.54, 1.807) is 6.20 Å². The molecular weight excluding hydrogens is 464 g/mol. The molecule has 0 unspecified atom stereocenters. The molecule has 0 fully saturated rings. The molecule has 2 amide bonds. The van der Waals surface area contributed by atoms with Gasteiger partial charge in [-0.15, -0.1) is 0 Å². The number of H-pyrrole nitrogens is 1.